The Bertz CT molecular complexity index is 3910. The Morgan fingerprint density at radius 3 is 1.52 bits per heavy atom. The van der Waals surface area contributed by atoms with Crippen LogP contribution in [0.25, 0.3) is 132 Å². The first-order valence-corrected chi connectivity index (χ1v) is 20.2. The number of fused-ring (bicyclic) bond motifs is 12. The molecule has 0 amide bonds. The third kappa shape index (κ3) is 4.96. The highest BCUT2D eigenvalue weighted by Gasteiger charge is 2.19. The minimum Gasteiger partial charge on any atom is -0.456 e. The standard InChI is InChI=1S/C55H31N3O2/c1-2-11-37-32(10-1)22-23-33-30-35(24-27-38(33)37)53-56-54(36-25-28-39-34(31-36)26-29-50-51(39)45-12-3-5-19-47(45)60-50)58-55(57-53)44-18-8-14-40-41(15-7-16-42(40)44)43-17-9-21-49-52(43)46-13-4-6-20-48(46)59-49/h1-31H. The van der Waals surface area contributed by atoms with Crippen molar-refractivity contribution in [1.29, 1.82) is 0 Å². The molecule has 3 aromatic heterocycles. The number of aromatic nitrogens is 3. The number of hydrogen-bond acceptors (Lipinski definition) is 5. The normalized spacial score (nSPS) is 12.0. The van der Waals surface area contributed by atoms with Crippen molar-refractivity contribution in [2.24, 2.45) is 0 Å². The molecule has 0 radical (unpaired) electrons. The summed E-state index contributed by atoms with van der Waals surface area (Å²) >= 11 is 0. The van der Waals surface area contributed by atoms with Crippen molar-refractivity contribution in [3.8, 4) is 45.3 Å². The summed E-state index contributed by atoms with van der Waals surface area (Å²) in [6.07, 6.45) is 0. The predicted molar refractivity (Wildman–Crippen MR) is 246 cm³/mol. The number of furan rings is 2. The summed E-state index contributed by atoms with van der Waals surface area (Å²) in [4.78, 5) is 15.8. The van der Waals surface area contributed by atoms with Crippen LogP contribution in [0.4, 0.5) is 0 Å². The second kappa shape index (κ2) is 12.7. The molecule has 0 saturated heterocycles. The van der Waals surface area contributed by atoms with E-state index in [2.05, 4.69) is 158 Å². The van der Waals surface area contributed by atoms with E-state index in [9.17, 15) is 0 Å². The highest BCUT2D eigenvalue weighted by Crippen LogP contribution is 2.42. The van der Waals surface area contributed by atoms with Gasteiger partial charge in [0.2, 0.25) is 0 Å². The average molecular weight is 766 g/mol. The molecule has 13 aromatic rings. The zero-order valence-corrected chi connectivity index (χ0v) is 32.1. The summed E-state index contributed by atoms with van der Waals surface area (Å²) in [7, 11) is 0. The Morgan fingerprint density at radius 1 is 0.267 bits per heavy atom. The molecule has 0 saturated carbocycles. The Balaban J connectivity index is 1.03. The first-order chi connectivity index (χ1) is 29.7. The van der Waals surface area contributed by atoms with Crippen molar-refractivity contribution in [3.63, 3.8) is 0 Å². The minimum absolute atomic E-state index is 0.607. The topological polar surface area (TPSA) is 65.0 Å². The maximum Gasteiger partial charge on any atom is 0.164 e. The van der Waals surface area contributed by atoms with Crippen LogP contribution in [-0.2, 0) is 0 Å². The minimum atomic E-state index is 0.607. The van der Waals surface area contributed by atoms with Gasteiger partial charge in [-0.05, 0) is 90.6 Å². The van der Waals surface area contributed by atoms with Crippen molar-refractivity contribution in [2.45, 2.75) is 0 Å². The number of nitrogens with zero attached hydrogens (tertiary/aromatic N) is 3. The van der Waals surface area contributed by atoms with Crippen LogP contribution in [0.15, 0.2) is 197 Å². The molecule has 13 rings (SSSR count). The fourth-order valence-corrected chi connectivity index (χ4v) is 9.34. The Kier molecular flexibility index (Phi) is 6.95. The first kappa shape index (κ1) is 32.9. The Hall–Kier alpha value is -8.15. The van der Waals surface area contributed by atoms with Crippen molar-refractivity contribution < 1.29 is 8.83 Å². The van der Waals surface area contributed by atoms with E-state index < -0.39 is 0 Å². The Labute approximate surface area is 342 Å². The molecule has 0 aliphatic carbocycles. The SMILES string of the molecule is c1ccc2c(c1)ccc1cc(-c3nc(-c4ccc5c(ccc6oc7ccccc7c65)c4)nc(-c4cccc5c(-c6cccc7oc8ccccc8c67)cccc45)n3)ccc12. The summed E-state index contributed by atoms with van der Waals surface area (Å²) in [5, 5.41) is 13.6. The van der Waals surface area contributed by atoms with Gasteiger partial charge in [-0.3, -0.25) is 0 Å². The summed E-state index contributed by atoms with van der Waals surface area (Å²) in [6, 6.07) is 65.7. The van der Waals surface area contributed by atoms with Crippen LogP contribution in [0.5, 0.6) is 0 Å². The van der Waals surface area contributed by atoms with Gasteiger partial charge in [0, 0.05) is 38.2 Å². The van der Waals surface area contributed by atoms with E-state index in [1.165, 1.54) is 16.2 Å². The molecule has 0 bridgehead atoms. The molecule has 5 heteroatoms. The molecular formula is C55H31N3O2. The lowest BCUT2D eigenvalue weighted by Crippen LogP contribution is -2.01. The van der Waals surface area contributed by atoms with Gasteiger partial charge in [0.25, 0.3) is 0 Å². The third-order valence-electron chi connectivity index (χ3n) is 12.1. The van der Waals surface area contributed by atoms with Crippen molar-refractivity contribution >= 4 is 87.0 Å². The maximum atomic E-state index is 6.31. The lowest BCUT2D eigenvalue weighted by molar-refractivity contribution is 0.668. The highest BCUT2D eigenvalue weighted by atomic mass is 16.3. The van der Waals surface area contributed by atoms with E-state index >= 15 is 0 Å². The van der Waals surface area contributed by atoms with Crippen molar-refractivity contribution in [1.82, 2.24) is 15.0 Å². The Morgan fingerprint density at radius 2 is 0.750 bits per heavy atom. The predicted octanol–water partition coefficient (Wildman–Crippen LogP) is 15.0. The summed E-state index contributed by atoms with van der Waals surface area (Å²) in [6.45, 7) is 0. The van der Waals surface area contributed by atoms with E-state index in [1.807, 2.05) is 30.3 Å². The summed E-state index contributed by atoms with van der Waals surface area (Å²) in [5.74, 6) is 1.83. The smallest absolute Gasteiger partial charge is 0.164 e. The first-order valence-electron chi connectivity index (χ1n) is 20.2. The second-order valence-corrected chi connectivity index (χ2v) is 15.5. The van der Waals surface area contributed by atoms with Crippen LogP contribution < -0.4 is 0 Å². The van der Waals surface area contributed by atoms with E-state index in [4.69, 9.17) is 23.8 Å². The molecule has 0 spiro atoms. The van der Waals surface area contributed by atoms with Crippen LogP contribution >= 0.6 is 0 Å². The molecule has 10 aromatic carbocycles. The molecular weight excluding hydrogens is 735 g/mol. The van der Waals surface area contributed by atoms with Gasteiger partial charge >= 0.3 is 0 Å². The summed E-state index contributed by atoms with van der Waals surface area (Å²) in [5.41, 5.74) is 8.51. The van der Waals surface area contributed by atoms with E-state index in [0.29, 0.717) is 17.5 Å². The molecule has 0 N–H and O–H groups in total. The molecule has 0 fully saturated rings. The molecule has 60 heavy (non-hydrogen) atoms. The van der Waals surface area contributed by atoms with E-state index in [-0.39, 0.29) is 0 Å². The molecule has 0 atom stereocenters. The molecule has 5 nitrogen and oxygen atoms in total. The van der Waals surface area contributed by atoms with Gasteiger partial charge < -0.3 is 8.83 Å². The lowest BCUT2D eigenvalue weighted by Gasteiger charge is -2.13. The van der Waals surface area contributed by atoms with Gasteiger partial charge in [0.15, 0.2) is 17.5 Å². The van der Waals surface area contributed by atoms with Crippen LogP contribution in [0.3, 0.4) is 0 Å². The molecule has 0 unspecified atom stereocenters. The monoisotopic (exact) mass is 765 g/mol. The van der Waals surface area contributed by atoms with Gasteiger partial charge in [0.05, 0.1) is 0 Å². The quantitative estimate of drug-likeness (QED) is 0.167. The van der Waals surface area contributed by atoms with Crippen LogP contribution in [0.2, 0.25) is 0 Å². The lowest BCUT2D eigenvalue weighted by atomic mass is 9.93. The third-order valence-corrected chi connectivity index (χ3v) is 12.1. The zero-order chi connectivity index (χ0) is 39.3. The fourth-order valence-electron chi connectivity index (χ4n) is 9.34. The number of para-hydroxylation sites is 2. The van der Waals surface area contributed by atoms with Crippen LogP contribution in [0, 0.1) is 0 Å². The van der Waals surface area contributed by atoms with Crippen molar-refractivity contribution in [3.05, 3.63) is 188 Å². The highest BCUT2D eigenvalue weighted by molar-refractivity contribution is 6.19. The van der Waals surface area contributed by atoms with Crippen LogP contribution in [-0.4, -0.2) is 15.0 Å². The number of benzene rings is 10. The molecule has 0 aliphatic rings. The van der Waals surface area contributed by atoms with Gasteiger partial charge in [-0.2, -0.15) is 0 Å². The molecule has 0 aliphatic heterocycles. The fraction of sp³-hybridized carbons (Fsp3) is 0. The van der Waals surface area contributed by atoms with Crippen molar-refractivity contribution in [2.75, 3.05) is 0 Å². The molecule has 278 valence electrons. The van der Waals surface area contributed by atoms with Gasteiger partial charge in [-0.1, -0.05) is 152 Å². The average Bonchev–Trinajstić information content (AvgIpc) is 3.90. The zero-order valence-electron chi connectivity index (χ0n) is 32.1. The number of rotatable bonds is 4. The van der Waals surface area contributed by atoms with Crippen LogP contribution in [0.1, 0.15) is 0 Å². The van der Waals surface area contributed by atoms with Gasteiger partial charge in [0.1, 0.15) is 22.3 Å². The number of hydrogen-bond donors (Lipinski definition) is 0. The van der Waals surface area contributed by atoms with Gasteiger partial charge in [-0.15, -0.1) is 0 Å². The largest absolute Gasteiger partial charge is 0.456 e. The second-order valence-electron chi connectivity index (χ2n) is 15.5. The van der Waals surface area contributed by atoms with E-state index in [0.717, 1.165) is 98.6 Å². The molecule has 3 heterocycles. The van der Waals surface area contributed by atoms with Gasteiger partial charge in [-0.25, -0.2) is 15.0 Å². The summed E-state index contributed by atoms with van der Waals surface area (Å²) < 4.78 is 12.5. The van der Waals surface area contributed by atoms with E-state index in [1.54, 1.807) is 0 Å². The maximum absolute atomic E-state index is 6.31.